The van der Waals surface area contributed by atoms with Crippen LogP contribution in [0.2, 0.25) is 0 Å². The second kappa shape index (κ2) is 4.75. The number of anilines is 1. The van der Waals surface area contributed by atoms with Gasteiger partial charge in [-0.05, 0) is 12.8 Å². The van der Waals surface area contributed by atoms with Crippen molar-refractivity contribution in [2.24, 2.45) is 0 Å². The number of H-pyrrole nitrogens is 1. The van der Waals surface area contributed by atoms with Gasteiger partial charge in [0.05, 0.1) is 6.20 Å². The van der Waals surface area contributed by atoms with Crippen LogP contribution in [0.5, 0.6) is 0 Å². The molecule has 0 saturated carbocycles. The van der Waals surface area contributed by atoms with Gasteiger partial charge < -0.3 is 5.73 Å². The van der Waals surface area contributed by atoms with Gasteiger partial charge in [-0.2, -0.15) is 5.10 Å². The molecule has 1 fully saturated rings. The third-order valence-electron chi connectivity index (χ3n) is 2.63. The van der Waals surface area contributed by atoms with Crippen LogP contribution < -0.4 is 10.5 Å². The summed E-state index contributed by atoms with van der Waals surface area (Å²) >= 11 is 0. The number of nitrogens with two attached hydrogens (primary N) is 1. The van der Waals surface area contributed by atoms with E-state index in [-0.39, 0.29) is 16.8 Å². The molecule has 1 saturated heterocycles. The van der Waals surface area contributed by atoms with E-state index in [9.17, 15) is 12.6 Å². The highest BCUT2D eigenvalue weighted by atomic mass is 32.2. The first-order valence-corrected chi connectivity index (χ1v) is 8.12. The number of sulfonamides is 1. The van der Waals surface area contributed by atoms with Crippen molar-refractivity contribution in [1.29, 1.82) is 0 Å². The van der Waals surface area contributed by atoms with Crippen LogP contribution in [-0.4, -0.2) is 40.4 Å². The first kappa shape index (κ1) is 12.5. The molecule has 1 aliphatic heterocycles. The molecule has 2 heterocycles. The highest BCUT2D eigenvalue weighted by molar-refractivity contribution is 7.89. The molecule has 4 N–H and O–H groups in total. The number of rotatable bonds is 3. The number of aromatic nitrogens is 2. The zero-order valence-electron chi connectivity index (χ0n) is 9.05. The van der Waals surface area contributed by atoms with Crippen molar-refractivity contribution in [2.75, 3.05) is 17.2 Å². The molecule has 1 aliphatic rings. The Morgan fingerprint density at radius 1 is 1.47 bits per heavy atom. The summed E-state index contributed by atoms with van der Waals surface area (Å²) in [5.74, 6) is 1.10. The van der Waals surface area contributed by atoms with Gasteiger partial charge in [0.15, 0.2) is 0 Å². The summed E-state index contributed by atoms with van der Waals surface area (Å²) < 4.78 is 37.6. The van der Waals surface area contributed by atoms with Crippen molar-refractivity contribution in [3.8, 4) is 0 Å². The van der Waals surface area contributed by atoms with Crippen LogP contribution in [0.1, 0.15) is 12.8 Å². The lowest BCUT2D eigenvalue weighted by Crippen LogP contribution is -2.39. The van der Waals surface area contributed by atoms with Crippen molar-refractivity contribution in [2.45, 2.75) is 23.8 Å². The number of nitrogens with one attached hydrogen (secondary N) is 2. The van der Waals surface area contributed by atoms with E-state index in [1.165, 1.54) is 6.20 Å². The molecule has 7 nitrogen and oxygen atoms in total. The van der Waals surface area contributed by atoms with Crippen LogP contribution in [0.3, 0.4) is 0 Å². The minimum absolute atomic E-state index is 0.0249. The minimum atomic E-state index is -3.63. The van der Waals surface area contributed by atoms with Crippen molar-refractivity contribution in [3.63, 3.8) is 0 Å². The molecule has 17 heavy (non-hydrogen) atoms. The second-order valence-corrected chi connectivity index (χ2v) is 7.27. The van der Waals surface area contributed by atoms with E-state index in [0.29, 0.717) is 24.3 Å². The standard InChI is InChI=1S/C8H14N4O3S2/c9-8-7(5-10-11-8)17(14,15)12-6-1-3-16(13)4-2-6/h5-6,12H,1-4H2,(H3,9,10,11). The average Bonchev–Trinajstić information content (AvgIpc) is 2.68. The quantitative estimate of drug-likeness (QED) is 0.667. The Balaban J connectivity index is 2.08. The average molecular weight is 278 g/mol. The molecule has 0 aromatic carbocycles. The van der Waals surface area contributed by atoms with E-state index >= 15 is 0 Å². The molecule has 9 heteroatoms. The summed E-state index contributed by atoms with van der Waals surface area (Å²) in [6.45, 7) is 0. The third-order valence-corrected chi connectivity index (χ3v) is 5.56. The highest BCUT2D eigenvalue weighted by Crippen LogP contribution is 2.17. The zero-order valence-corrected chi connectivity index (χ0v) is 10.7. The Labute approximate surface area is 102 Å². The molecule has 0 bridgehead atoms. The number of hydrogen-bond donors (Lipinski definition) is 3. The van der Waals surface area contributed by atoms with Crippen molar-refractivity contribution < 1.29 is 12.6 Å². The molecule has 2 rings (SSSR count). The largest absolute Gasteiger partial charge is 0.383 e. The van der Waals surface area contributed by atoms with Gasteiger partial charge in [0.1, 0.15) is 10.7 Å². The lowest BCUT2D eigenvalue weighted by atomic mass is 10.2. The predicted molar refractivity (Wildman–Crippen MR) is 64.2 cm³/mol. The molecule has 96 valence electrons. The Hall–Kier alpha value is -0.930. The van der Waals surface area contributed by atoms with Gasteiger partial charge in [-0.1, -0.05) is 0 Å². The molecule has 0 atom stereocenters. The molecular formula is C8H14N4O3S2. The Bertz CT molecular complexity index is 515. The third kappa shape index (κ3) is 2.85. The normalized spacial score (nSPS) is 25.9. The second-order valence-electron chi connectivity index (χ2n) is 3.89. The summed E-state index contributed by atoms with van der Waals surface area (Å²) in [4.78, 5) is -0.0378. The minimum Gasteiger partial charge on any atom is -0.383 e. The van der Waals surface area contributed by atoms with Gasteiger partial charge in [0.25, 0.3) is 0 Å². The van der Waals surface area contributed by atoms with E-state index in [2.05, 4.69) is 14.9 Å². The fourth-order valence-corrected chi connectivity index (χ4v) is 4.32. The number of hydrogen-bond acceptors (Lipinski definition) is 5. The Morgan fingerprint density at radius 3 is 2.65 bits per heavy atom. The van der Waals surface area contributed by atoms with E-state index in [1.807, 2.05) is 0 Å². The molecule has 0 amide bonds. The lowest BCUT2D eigenvalue weighted by Gasteiger charge is -2.22. The van der Waals surface area contributed by atoms with Crippen LogP contribution in [-0.2, 0) is 20.8 Å². The van der Waals surface area contributed by atoms with Gasteiger partial charge in [-0.25, -0.2) is 13.1 Å². The predicted octanol–water partition coefficient (Wildman–Crippen LogP) is -0.819. The maximum atomic E-state index is 11.9. The smallest absolute Gasteiger partial charge is 0.246 e. The van der Waals surface area contributed by atoms with Crippen molar-refractivity contribution in [3.05, 3.63) is 6.20 Å². The summed E-state index contributed by atoms with van der Waals surface area (Å²) in [6.07, 6.45) is 2.35. The van der Waals surface area contributed by atoms with Crippen LogP contribution >= 0.6 is 0 Å². The Kier molecular flexibility index (Phi) is 3.50. The molecule has 0 spiro atoms. The molecule has 1 aromatic rings. The van der Waals surface area contributed by atoms with Crippen molar-refractivity contribution >= 4 is 26.6 Å². The van der Waals surface area contributed by atoms with Gasteiger partial charge in [-0.3, -0.25) is 9.31 Å². The van der Waals surface area contributed by atoms with E-state index in [1.54, 1.807) is 0 Å². The summed E-state index contributed by atoms with van der Waals surface area (Å²) in [6, 6.07) is -0.174. The maximum absolute atomic E-state index is 11.9. The highest BCUT2D eigenvalue weighted by Gasteiger charge is 2.26. The van der Waals surface area contributed by atoms with Crippen LogP contribution in [0.25, 0.3) is 0 Å². The zero-order chi connectivity index (χ0) is 12.5. The van der Waals surface area contributed by atoms with E-state index < -0.39 is 20.8 Å². The SMILES string of the molecule is Nc1[nH]ncc1S(=O)(=O)NC1CCS(=O)CC1. The van der Waals surface area contributed by atoms with Crippen LogP contribution in [0.15, 0.2) is 11.1 Å². The summed E-state index contributed by atoms with van der Waals surface area (Å²) in [5.41, 5.74) is 5.47. The van der Waals surface area contributed by atoms with E-state index in [4.69, 9.17) is 5.73 Å². The molecule has 1 aromatic heterocycles. The van der Waals surface area contributed by atoms with Gasteiger partial charge in [-0.15, -0.1) is 0 Å². The number of nitrogen functional groups attached to an aromatic ring is 1. The first-order chi connectivity index (χ1) is 7.99. The molecular weight excluding hydrogens is 264 g/mol. The van der Waals surface area contributed by atoms with Gasteiger partial charge in [0, 0.05) is 28.3 Å². The van der Waals surface area contributed by atoms with Crippen LogP contribution in [0.4, 0.5) is 5.82 Å². The molecule has 0 radical (unpaired) electrons. The first-order valence-electron chi connectivity index (χ1n) is 5.15. The lowest BCUT2D eigenvalue weighted by molar-refractivity contribution is 0.522. The summed E-state index contributed by atoms with van der Waals surface area (Å²) in [7, 11) is -4.44. The topological polar surface area (TPSA) is 118 Å². The van der Waals surface area contributed by atoms with Crippen molar-refractivity contribution in [1.82, 2.24) is 14.9 Å². The maximum Gasteiger partial charge on any atom is 0.246 e. The molecule has 0 unspecified atom stereocenters. The van der Waals surface area contributed by atoms with Crippen LogP contribution in [0, 0.1) is 0 Å². The fourth-order valence-electron chi connectivity index (χ4n) is 1.69. The fraction of sp³-hybridized carbons (Fsp3) is 0.625. The monoisotopic (exact) mass is 278 g/mol. The molecule has 0 aliphatic carbocycles. The number of nitrogens with zero attached hydrogens (tertiary/aromatic N) is 1. The Morgan fingerprint density at radius 2 is 2.12 bits per heavy atom. The number of aromatic amines is 1. The van der Waals surface area contributed by atoms with Gasteiger partial charge >= 0.3 is 0 Å². The van der Waals surface area contributed by atoms with E-state index in [0.717, 1.165) is 0 Å². The summed E-state index contributed by atoms with van der Waals surface area (Å²) in [5, 5.41) is 5.95. The van der Waals surface area contributed by atoms with Gasteiger partial charge in [0.2, 0.25) is 10.0 Å².